The highest BCUT2D eigenvalue weighted by Gasteiger charge is 2.15. The first-order chi connectivity index (χ1) is 9.65. The Morgan fingerprint density at radius 2 is 2.20 bits per heavy atom. The minimum Gasteiger partial charge on any atom is -0.497 e. The van der Waals surface area contributed by atoms with E-state index in [1.165, 1.54) is 0 Å². The number of hydrogen-bond acceptors (Lipinski definition) is 3. The molecule has 1 aromatic carbocycles. The van der Waals surface area contributed by atoms with Crippen molar-refractivity contribution in [2.24, 2.45) is 0 Å². The number of aliphatic hydroxyl groups is 1. The molecule has 1 N–H and O–H groups in total. The number of aliphatic hydroxyl groups excluding tert-OH is 1. The average Bonchev–Trinajstić information content (AvgIpc) is 2.90. The highest BCUT2D eigenvalue weighted by Crippen LogP contribution is 2.27. The standard InChI is InChI=1S/C15H19BrN2O2/c1-3-8-18-14(6-7-17-18)15(19)10-11-9-12(20-2)4-5-13(11)16/h4-7,9,15,19H,3,8,10H2,1-2H3. The summed E-state index contributed by atoms with van der Waals surface area (Å²) in [6.45, 7) is 2.91. The normalized spacial score (nSPS) is 12.4. The lowest BCUT2D eigenvalue weighted by atomic mass is 10.1. The van der Waals surface area contributed by atoms with Gasteiger partial charge in [-0.05, 0) is 36.2 Å². The first-order valence-electron chi connectivity index (χ1n) is 6.68. The van der Waals surface area contributed by atoms with E-state index in [4.69, 9.17) is 4.74 Å². The van der Waals surface area contributed by atoms with Crippen LogP contribution in [0.4, 0.5) is 0 Å². The number of nitrogens with zero attached hydrogens (tertiary/aromatic N) is 2. The van der Waals surface area contributed by atoms with Crippen molar-refractivity contribution in [3.8, 4) is 5.75 Å². The van der Waals surface area contributed by atoms with E-state index in [0.29, 0.717) is 6.42 Å². The zero-order valence-corrected chi connectivity index (χ0v) is 13.3. The van der Waals surface area contributed by atoms with Crippen LogP contribution in [0.2, 0.25) is 0 Å². The summed E-state index contributed by atoms with van der Waals surface area (Å²) in [5, 5.41) is 14.7. The summed E-state index contributed by atoms with van der Waals surface area (Å²) < 4.78 is 8.06. The topological polar surface area (TPSA) is 47.3 Å². The number of aryl methyl sites for hydroxylation is 1. The van der Waals surface area contributed by atoms with Crippen molar-refractivity contribution in [1.29, 1.82) is 0 Å². The predicted octanol–water partition coefficient (Wildman–Crippen LogP) is 3.34. The maximum Gasteiger partial charge on any atom is 0.119 e. The molecule has 1 atom stereocenters. The van der Waals surface area contributed by atoms with Crippen molar-refractivity contribution in [2.75, 3.05) is 7.11 Å². The molecule has 4 nitrogen and oxygen atoms in total. The fraction of sp³-hybridized carbons (Fsp3) is 0.400. The monoisotopic (exact) mass is 338 g/mol. The third-order valence-electron chi connectivity index (χ3n) is 3.19. The quantitative estimate of drug-likeness (QED) is 0.878. The van der Waals surface area contributed by atoms with Gasteiger partial charge in [-0.3, -0.25) is 4.68 Å². The zero-order valence-electron chi connectivity index (χ0n) is 11.7. The van der Waals surface area contributed by atoms with Gasteiger partial charge in [0.2, 0.25) is 0 Å². The summed E-state index contributed by atoms with van der Waals surface area (Å²) in [5.41, 5.74) is 1.86. The molecule has 0 fully saturated rings. The number of halogens is 1. The van der Waals surface area contributed by atoms with Gasteiger partial charge in [0.15, 0.2) is 0 Å². The number of hydrogen-bond donors (Lipinski definition) is 1. The van der Waals surface area contributed by atoms with Crippen molar-refractivity contribution in [2.45, 2.75) is 32.4 Å². The summed E-state index contributed by atoms with van der Waals surface area (Å²) in [4.78, 5) is 0. The summed E-state index contributed by atoms with van der Waals surface area (Å²) in [6, 6.07) is 7.63. The Kier molecular flexibility index (Phi) is 5.20. The van der Waals surface area contributed by atoms with Crippen molar-refractivity contribution in [3.63, 3.8) is 0 Å². The smallest absolute Gasteiger partial charge is 0.119 e. The number of ether oxygens (including phenoxy) is 1. The van der Waals surface area contributed by atoms with Crippen molar-refractivity contribution >= 4 is 15.9 Å². The van der Waals surface area contributed by atoms with Crippen molar-refractivity contribution < 1.29 is 9.84 Å². The van der Waals surface area contributed by atoms with Crippen LogP contribution in [-0.2, 0) is 13.0 Å². The predicted molar refractivity (Wildman–Crippen MR) is 81.9 cm³/mol. The molecule has 0 radical (unpaired) electrons. The number of rotatable bonds is 6. The highest BCUT2D eigenvalue weighted by atomic mass is 79.9. The van der Waals surface area contributed by atoms with E-state index in [1.807, 2.05) is 28.9 Å². The van der Waals surface area contributed by atoms with Gasteiger partial charge in [-0.15, -0.1) is 0 Å². The fourth-order valence-electron chi connectivity index (χ4n) is 2.17. The molecule has 0 spiro atoms. The van der Waals surface area contributed by atoms with Gasteiger partial charge in [-0.1, -0.05) is 22.9 Å². The summed E-state index contributed by atoms with van der Waals surface area (Å²) in [6.07, 6.45) is 2.67. The van der Waals surface area contributed by atoms with Crippen molar-refractivity contribution in [1.82, 2.24) is 9.78 Å². The summed E-state index contributed by atoms with van der Waals surface area (Å²) in [7, 11) is 1.64. The summed E-state index contributed by atoms with van der Waals surface area (Å²) >= 11 is 3.51. The molecule has 5 heteroatoms. The van der Waals surface area contributed by atoms with Gasteiger partial charge in [-0.2, -0.15) is 5.10 Å². The highest BCUT2D eigenvalue weighted by molar-refractivity contribution is 9.10. The molecule has 108 valence electrons. The lowest BCUT2D eigenvalue weighted by molar-refractivity contribution is 0.166. The van der Waals surface area contributed by atoms with E-state index < -0.39 is 6.10 Å². The molecule has 2 aromatic rings. The molecule has 0 saturated carbocycles. The third-order valence-corrected chi connectivity index (χ3v) is 3.97. The summed E-state index contributed by atoms with van der Waals surface area (Å²) in [5.74, 6) is 0.789. The van der Waals surface area contributed by atoms with Gasteiger partial charge in [0.25, 0.3) is 0 Å². The first-order valence-corrected chi connectivity index (χ1v) is 7.47. The lowest BCUT2D eigenvalue weighted by Gasteiger charge is -2.14. The van der Waals surface area contributed by atoms with Gasteiger partial charge < -0.3 is 9.84 Å². The van der Waals surface area contributed by atoms with Crippen molar-refractivity contribution in [3.05, 3.63) is 46.2 Å². The average molecular weight is 339 g/mol. The molecule has 1 unspecified atom stereocenters. The second-order valence-electron chi connectivity index (χ2n) is 4.66. The molecule has 0 saturated heterocycles. The molecule has 0 aliphatic heterocycles. The molecule has 0 amide bonds. The van der Waals surface area contributed by atoms with Gasteiger partial charge in [0.05, 0.1) is 18.9 Å². The second kappa shape index (κ2) is 6.90. The van der Waals surface area contributed by atoms with E-state index >= 15 is 0 Å². The van der Waals surface area contributed by atoms with Crippen LogP contribution >= 0.6 is 15.9 Å². The fourth-order valence-corrected chi connectivity index (χ4v) is 2.58. The largest absolute Gasteiger partial charge is 0.497 e. The number of benzene rings is 1. The Bertz CT molecular complexity index is 569. The minimum absolute atomic E-state index is 0.521. The van der Waals surface area contributed by atoms with Crippen LogP contribution in [0.3, 0.4) is 0 Å². The van der Waals surface area contributed by atoms with Crippen LogP contribution in [0.25, 0.3) is 0 Å². The van der Waals surface area contributed by atoms with Crippen LogP contribution in [0.1, 0.15) is 30.7 Å². The maximum absolute atomic E-state index is 10.4. The van der Waals surface area contributed by atoms with Crippen LogP contribution < -0.4 is 4.74 Å². The van der Waals surface area contributed by atoms with Gasteiger partial charge in [0, 0.05) is 23.6 Å². The zero-order chi connectivity index (χ0) is 14.5. The molecule has 2 rings (SSSR count). The molecule has 0 aliphatic carbocycles. The SMILES string of the molecule is CCCn1nccc1C(O)Cc1cc(OC)ccc1Br. The van der Waals surface area contributed by atoms with Crippen LogP contribution in [0.15, 0.2) is 34.9 Å². The molecule has 0 aliphatic rings. The first kappa shape index (κ1) is 15.1. The number of aromatic nitrogens is 2. The van der Waals surface area contributed by atoms with E-state index in [1.54, 1.807) is 13.3 Å². The van der Waals surface area contributed by atoms with Crippen LogP contribution in [0, 0.1) is 0 Å². The molecular weight excluding hydrogens is 320 g/mol. The Hall–Kier alpha value is -1.33. The molecule has 0 bridgehead atoms. The van der Waals surface area contributed by atoms with Crippen LogP contribution in [-0.4, -0.2) is 22.0 Å². The molecule has 20 heavy (non-hydrogen) atoms. The Morgan fingerprint density at radius 3 is 2.90 bits per heavy atom. The van der Waals surface area contributed by atoms with Crippen LogP contribution in [0.5, 0.6) is 5.75 Å². The van der Waals surface area contributed by atoms with E-state index in [9.17, 15) is 5.11 Å². The van der Waals surface area contributed by atoms with Gasteiger partial charge >= 0.3 is 0 Å². The maximum atomic E-state index is 10.4. The molecular formula is C15H19BrN2O2. The van der Waals surface area contributed by atoms with E-state index in [2.05, 4.69) is 28.0 Å². The van der Waals surface area contributed by atoms with E-state index in [-0.39, 0.29) is 0 Å². The van der Waals surface area contributed by atoms with Gasteiger partial charge in [0.1, 0.15) is 5.75 Å². The number of methoxy groups -OCH3 is 1. The third kappa shape index (κ3) is 3.41. The molecule has 1 heterocycles. The van der Waals surface area contributed by atoms with E-state index in [0.717, 1.165) is 34.4 Å². The molecule has 1 aromatic heterocycles. The Balaban J connectivity index is 2.18. The Labute approximate surface area is 127 Å². The van der Waals surface area contributed by atoms with Gasteiger partial charge in [-0.25, -0.2) is 0 Å². The second-order valence-corrected chi connectivity index (χ2v) is 5.51. The minimum atomic E-state index is -0.576. The Morgan fingerprint density at radius 1 is 1.40 bits per heavy atom. The lowest BCUT2D eigenvalue weighted by Crippen LogP contribution is -2.11.